The molecule has 0 bridgehead atoms. The van der Waals surface area contributed by atoms with Gasteiger partial charge in [0.2, 0.25) is 11.8 Å². The van der Waals surface area contributed by atoms with Crippen molar-refractivity contribution >= 4 is 23.8 Å². The number of hydrogen-bond donors (Lipinski definition) is 5. The number of carboxylic acid groups (broad SMARTS) is 1. The number of amides is 4. The molecule has 0 unspecified atom stereocenters. The molecule has 0 aromatic rings. The number of urea groups is 1. The molecule has 0 atom stereocenters. The van der Waals surface area contributed by atoms with Gasteiger partial charge in [-0.2, -0.15) is 0 Å². The smallest absolute Gasteiger partial charge is 0.322 e. The second-order valence-corrected chi connectivity index (χ2v) is 2.67. The number of carbonyl (C=O) groups excluding carboxylic acids is 3. The van der Waals surface area contributed by atoms with E-state index in [9.17, 15) is 19.2 Å². The molecule has 0 spiro atoms. The SMILES string of the molecule is NC(=O)CNC(=O)NCC(=O)NCC(=O)O. The van der Waals surface area contributed by atoms with Gasteiger partial charge in [-0.25, -0.2) is 4.79 Å². The Morgan fingerprint density at radius 3 is 2.00 bits per heavy atom. The minimum absolute atomic E-state index is 0.345. The first-order valence-electron chi connectivity index (χ1n) is 4.20. The number of aliphatic carboxylic acids is 1. The molecule has 0 rings (SSSR count). The highest BCUT2D eigenvalue weighted by molar-refractivity contribution is 5.87. The van der Waals surface area contributed by atoms with Crippen LogP contribution in [0, 0.1) is 0 Å². The second kappa shape index (κ2) is 7.04. The van der Waals surface area contributed by atoms with Gasteiger partial charge in [-0.1, -0.05) is 0 Å². The summed E-state index contributed by atoms with van der Waals surface area (Å²) in [5, 5.41) is 14.4. The number of carboxylic acids is 1. The van der Waals surface area contributed by atoms with Crippen LogP contribution in [0.4, 0.5) is 4.79 Å². The van der Waals surface area contributed by atoms with Crippen LogP contribution in [-0.4, -0.2) is 48.6 Å². The average molecular weight is 232 g/mol. The standard InChI is InChI=1S/C7H12N4O5/c8-4(12)1-10-7(16)11-2-5(13)9-3-6(14)15/h1-3H2,(H2,8,12)(H,9,13)(H,14,15)(H2,10,11,16). The zero-order valence-corrected chi connectivity index (χ0v) is 8.28. The summed E-state index contributed by atoms with van der Waals surface area (Å²) >= 11 is 0. The van der Waals surface area contributed by atoms with Crippen molar-refractivity contribution in [3.05, 3.63) is 0 Å². The summed E-state index contributed by atoms with van der Waals surface area (Å²) < 4.78 is 0. The van der Waals surface area contributed by atoms with Crippen molar-refractivity contribution in [1.82, 2.24) is 16.0 Å². The molecule has 0 radical (unpaired) electrons. The Balaban J connectivity index is 3.63. The molecule has 6 N–H and O–H groups in total. The first-order valence-corrected chi connectivity index (χ1v) is 4.20. The lowest BCUT2D eigenvalue weighted by Crippen LogP contribution is -2.45. The predicted molar refractivity (Wildman–Crippen MR) is 51.2 cm³/mol. The lowest BCUT2D eigenvalue weighted by molar-refractivity contribution is -0.137. The first-order chi connectivity index (χ1) is 7.41. The Morgan fingerprint density at radius 2 is 1.50 bits per heavy atom. The third-order valence-corrected chi connectivity index (χ3v) is 1.27. The summed E-state index contributed by atoms with van der Waals surface area (Å²) in [6.45, 7) is -1.26. The first kappa shape index (κ1) is 13.7. The zero-order valence-electron chi connectivity index (χ0n) is 8.28. The minimum Gasteiger partial charge on any atom is -0.480 e. The summed E-state index contributed by atoms with van der Waals surface area (Å²) in [5.74, 6) is -2.56. The van der Waals surface area contributed by atoms with Gasteiger partial charge in [0.1, 0.15) is 6.54 Å². The van der Waals surface area contributed by atoms with Crippen LogP contribution < -0.4 is 21.7 Å². The Hall–Kier alpha value is -2.32. The molecule has 0 aromatic heterocycles. The van der Waals surface area contributed by atoms with Gasteiger partial charge in [-0.15, -0.1) is 0 Å². The highest BCUT2D eigenvalue weighted by Gasteiger charge is 2.06. The van der Waals surface area contributed by atoms with Crippen LogP contribution in [0.5, 0.6) is 0 Å². The third kappa shape index (κ3) is 8.29. The lowest BCUT2D eigenvalue weighted by atomic mass is 10.5. The molecular formula is C7H12N4O5. The molecule has 0 aromatic carbocycles. The highest BCUT2D eigenvalue weighted by Crippen LogP contribution is 1.68. The van der Waals surface area contributed by atoms with E-state index in [0.29, 0.717) is 0 Å². The van der Waals surface area contributed by atoms with E-state index in [1.54, 1.807) is 0 Å². The Labute approximate surface area is 90.4 Å². The predicted octanol–water partition coefficient (Wildman–Crippen LogP) is -3.03. The van der Waals surface area contributed by atoms with Gasteiger partial charge in [0.15, 0.2) is 0 Å². The van der Waals surface area contributed by atoms with Gasteiger partial charge < -0.3 is 26.8 Å². The van der Waals surface area contributed by atoms with Crippen LogP contribution in [0.25, 0.3) is 0 Å². The monoisotopic (exact) mass is 232 g/mol. The van der Waals surface area contributed by atoms with Crippen molar-refractivity contribution in [2.45, 2.75) is 0 Å². The lowest BCUT2D eigenvalue weighted by Gasteiger charge is -2.05. The average Bonchev–Trinajstić information content (AvgIpc) is 2.20. The van der Waals surface area contributed by atoms with Crippen LogP contribution in [0.3, 0.4) is 0 Å². The molecule has 0 saturated heterocycles. The largest absolute Gasteiger partial charge is 0.480 e. The van der Waals surface area contributed by atoms with Crippen molar-refractivity contribution in [2.24, 2.45) is 5.73 Å². The van der Waals surface area contributed by atoms with Crippen LogP contribution >= 0.6 is 0 Å². The zero-order chi connectivity index (χ0) is 12.6. The highest BCUT2D eigenvalue weighted by atomic mass is 16.4. The van der Waals surface area contributed by atoms with Crippen LogP contribution in [0.15, 0.2) is 0 Å². The normalized spacial score (nSPS) is 9.00. The van der Waals surface area contributed by atoms with Gasteiger partial charge in [-0.05, 0) is 0 Å². The van der Waals surface area contributed by atoms with Crippen molar-refractivity contribution in [3.8, 4) is 0 Å². The molecule has 0 aliphatic rings. The molecular weight excluding hydrogens is 220 g/mol. The van der Waals surface area contributed by atoms with Crippen LogP contribution in [-0.2, 0) is 14.4 Å². The Kier molecular flexibility index (Phi) is 6.02. The van der Waals surface area contributed by atoms with E-state index >= 15 is 0 Å². The van der Waals surface area contributed by atoms with Crippen LogP contribution in [0.1, 0.15) is 0 Å². The van der Waals surface area contributed by atoms with Gasteiger partial charge in [0, 0.05) is 0 Å². The van der Waals surface area contributed by atoms with E-state index in [2.05, 4.69) is 10.6 Å². The van der Waals surface area contributed by atoms with E-state index in [1.807, 2.05) is 5.32 Å². The molecule has 0 saturated carbocycles. The van der Waals surface area contributed by atoms with Gasteiger partial charge in [0.05, 0.1) is 13.1 Å². The summed E-state index contributed by atoms with van der Waals surface area (Å²) in [6, 6.07) is -0.746. The summed E-state index contributed by atoms with van der Waals surface area (Å²) in [6.07, 6.45) is 0. The molecule has 16 heavy (non-hydrogen) atoms. The van der Waals surface area contributed by atoms with Crippen molar-refractivity contribution in [1.29, 1.82) is 0 Å². The fraction of sp³-hybridized carbons (Fsp3) is 0.429. The van der Waals surface area contributed by atoms with Gasteiger partial charge in [-0.3, -0.25) is 14.4 Å². The minimum atomic E-state index is -1.19. The van der Waals surface area contributed by atoms with Gasteiger partial charge in [0.25, 0.3) is 0 Å². The summed E-state index contributed by atoms with van der Waals surface area (Å²) in [4.78, 5) is 42.1. The molecule has 0 aliphatic heterocycles. The Bertz CT molecular complexity index is 273. The molecule has 9 heteroatoms. The maximum Gasteiger partial charge on any atom is 0.322 e. The fourth-order valence-corrected chi connectivity index (χ4v) is 0.627. The number of nitrogens with one attached hydrogen (secondary N) is 3. The van der Waals surface area contributed by atoms with E-state index in [-0.39, 0.29) is 6.54 Å². The number of hydrogen-bond acceptors (Lipinski definition) is 4. The summed E-state index contributed by atoms with van der Waals surface area (Å²) in [7, 11) is 0. The van der Waals surface area contributed by atoms with Gasteiger partial charge >= 0.3 is 12.0 Å². The molecule has 0 fully saturated rings. The number of carbonyl (C=O) groups is 4. The summed E-state index contributed by atoms with van der Waals surface area (Å²) in [5.41, 5.74) is 4.75. The van der Waals surface area contributed by atoms with E-state index in [4.69, 9.17) is 10.8 Å². The molecule has 0 heterocycles. The maximum absolute atomic E-state index is 10.9. The third-order valence-electron chi connectivity index (χ3n) is 1.27. The molecule has 4 amide bonds. The van der Waals surface area contributed by atoms with E-state index in [0.717, 1.165) is 0 Å². The fourth-order valence-electron chi connectivity index (χ4n) is 0.627. The molecule has 90 valence electrons. The Morgan fingerprint density at radius 1 is 0.938 bits per heavy atom. The number of rotatable bonds is 6. The molecule has 0 aliphatic carbocycles. The second-order valence-electron chi connectivity index (χ2n) is 2.67. The van der Waals surface area contributed by atoms with Crippen molar-refractivity contribution < 1.29 is 24.3 Å². The molecule has 9 nitrogen and oxygen atoms in total. The topological polar surface area (TPSA) is 151 Å². The van der Waals surface area contributed by atoms with Crippen LogP contribution in [0.2, 0.25) is 0 Å². The van der Waals surface area contributed by atoms with E-state index in [1.165, 1.54) is 0 Å². The van der Waals surface area contributed by atoms with Crippen molar-refractivity contribution in [3.63, 3.8) is 0 Å². The van der Waals surface area contributed by atoms with E-state index < -0.39 is 36.9 Å². The number of nitrogens with two attached hydrogens (primary N) is 1. The van der Waals surface area contributed by atoms with Crippen molar-refractivity contribution in [2.75, 3.05) is 19.6 Å². The quantitative estimate of drug-likeness (QED) is 0.330. The number of primary amides is 1. The maximum atomic E-state index is 10.9.